The number of fused-ring (bicyclic) bond motifs is 1. The molecule has 0 amide bonds. The highest BCUT2D eigenvalue weighted by Crippen LogP contribution is 2.54. The summed E-state index contributed by atoms with van der Waals surface area (Å²) >= 11 is 0. The summed E-state index contributed by atoms with van der Waals surface area (Å²) in [5.41, 5.74) is 4.54. The molecule has 1 saturated carbocycles. The van der Waals surface area contributed by atoms with E-state index < -0.39 is 0 Å². The van der Waals surface area contributed by atoms with Gasteiger partial charge in [-0.3, -0.25) is 0 Å². The number of phenols is 1. The van der Waals surface area contributed by atoms with Crippen molar-refractivity contribution in [2.75, 3.05) is 6.54 Å². The van der Waals surface area contributed by atoms with Crippen LogP contribution in [-0.4, -0.2) is 17.7 Å². The van der Waals surface area contributed by atoms with Crippen LogP contribution in [-0.2, 0) is 18.3 Å². The average molecular weight is 285 g/mol. The molecule has 3 aliphatic rings. The summed E-state index contributed by atoms with van der Waals surface area (Å²) in [7, 11) is 0. The molecule has 1 heterocycles. The molecule has 0 unspecified atom stereocenters. The Kier molecular flexibility index (Phi) is 3.25. The molecule has 2 N–H and O–H groups in total. The largest absolute Gasteiger partial charge is 0.508 e. The number of aromatic hydroxyl groups is 1. The molecule has 0 radical (unpaired) electrons. The zero-order valence-electron chi connectivity index (χ0n) is 13.1. The predicted octanol–water partition coefficient (Wildman–Crippen LogP) is 3.69. The third kappa shape index (κ3) is 1.95. The van der Waals surface area contributed by atoms with E-state index in [0.717, 1.165) is 30.9 Å². The number of phenolic OH excluding ortho intramolecular Hbond substituents is 1. The average Bonchev–Trinajstić information content (AvgIpc) is 2.49. The zero-order chi connectivity index (χ0) is 14.4. The van der Waals surface area contributed by atoms with Gasteiger partial charge in [-0.2, -0.15) is 0 Å². The Hall–Kier alpha value is -1.02. The van der Waals surface area contributed by atoms with E-state index in [4.69, 9.17) is 0 Å². The fourth-order valence-electron chi connectivity index (χ4n) is 5.49. The summed E-state index contributed by atoms with van der Waals surface area (Å²) < 4.78 is 0. The number of hydrogen-bond donors (Lipinski definition) is 2. The van der Waals surface area contributed by atoms with Crippen molar-refractivity contribution < 1.29 is 5.11 Å². The minimum Gasteiger partial charge on any atom is -0.508 e. The molecule has 21 heavy (non-hydrogen) atoms. The van der Waals surface area contributed by atoms with Gasteiger partial charge in [0.2, 0.25) is 0 Å². The monoisotopic (exact) mass is 285 g/mol. The van der Waals surface area contributed by atoms with Crippen LogP contribution in [0.2, 0.25) is 0 Å². The lowest BCUT2D eigenvalue weighted by atomic mass is 9.52. The Labute approximate surface area is 128 Å². The molecule has 1 aliphatic heterocycles. The summed E-state index contributed by atoms with van der Waals surface area (Å²) in [5.74, 6) is 1.34. The maximum Gasteiger partial charge on any atom is 0.119 e. The Morgan fingerprint density at radius 1 is 1.29 bits per heavy atom. The van der Waals surface area contributed by atoms with Crippen LogP contribution >= 0.6 is 0 Å². The van der Waals surface area contributed by atoms with Gasteiger partial charge in [0.05, 0.1) is 0 Å². The number of aryl methyl sites for hydroxylation is 1. The van der Waals surface area contributed by atoms with Crippen molar-refractivity contribution in [2.45, 2.75) is 69.7 Å². The SMILES string of the molecule is CCCc1cc2c(cc1O)[C@]13CCCC[C@@H]1[C@H](C2)NCC3. The first kappa shape index (κ1) is 13.6. The first-order valence-electron chi connectivity index (χ1n) is 8.83. The molecule has 2 nitrogen and oxygen atoms in total. The van der Waals surface area contributed by atoms with Crippen molar-refractivity contribution in [3.63, 3.8) is 0 Å². The zero-order valence-corrected chi connectivity index (χ0v) is 13.1. The maximum absolute atomic E-state index is 10.5. The van der Waals surface area contributed by atoms with E-state index in [-0.39, 0.29) is 0 Å². The van der Waals surface area contributed by atoms with Gasteiger partial charge in [0.15, 0.2) is 0 Å². The van der Waals surface area contributed by atoms with Crippen molar-refractivity contribution in [1.29, 1.82) is 0 Å². The number of rotatable bonds is 2. The molecular weight excluding hydrogens is 258 g/mol. The Balaban J connectivity index is 1.84. The van der Waals surface area contributed by atoms with E-state index in [1.807, 2.05) is 0 Å². The lowest BCUT2D eigenvalue weighted by Gasteiger charge is -2.56. The number of nitrogens with one attached hydrogen (secondary N) is 1. The Morgan fingerprint density at radius 2 is 2.19 bits per heavy atom. The van der Waals surface area contributed by atoms with Crippen molar-refractivity contribution in [1.82, 2.24) is 5.32 Å². The summed E-state index contributed by atoms with van der Waals surface area (Å²) in [6.07, 6.45) is 9.96. The molecule has 0 aromatic heterocycles. The fourth-order valence-corrected chi connectivity index (χ4v) is 5.49. The van der Waals surface area contributed by atoms with Gasteiger partial charge in [-0.25, -0.2) is 0 Å². The Morgan fingerprint density at radius 3 is 3.05 bits per heavy atom. The molecule has 2 fully saturated rings. The summed E-state index contributed by atoms with van der Waals surface area (Å²) in [5, 5.41) is 14.3. The van der Waals surface area contributed by atoms with E-state index in [0.29, 0.717) is 17.2 Å². The molecule has 114 valence electrons. The lowest BCUT2D eigenvalue weighted by molar-refractivity contribution is 0.0795. The van der Waals surface area contributed by atoms with Crippen LogP contribution in [0.4, 0.5) is 0 Å². The van der Waals surface area contributed by atoms with Gasteiger partial charge in [0.1, 0.15) is 5.75 Å². The quantitative estimate of drug-likeness (QED) is 0.868. The minimum atomic E-state index is 0.365. The van der Waals surface area contributed by atoms with Crippen LogP contribution in [0.3, 0.4) is 0 Å². The smallest absolute Gasteiger partial charge is 0.119 e. The normalized spacial score (nSPS) is 34.1. The van der Waals surface area contributed by atoms with Gasteiger partial charge in [-0.15, -0.1) is 0 Å². The van der Waals surface area contributed by atoms with Gasteiger partial charge >= 0.3 is 0 Å². The van der Waals surface area contributed by atoms with Crippen molar-refractivity contribution >= 4 is 0 Å². The third-order valence-corrected chi connectivity index (χ3v) is 6.36. The van der Waals surface area contributed by atoms with Gasteiger partial charge in [0.25, 0.3) is 0 Å². The van der Waals surface area contributed by atoms with E-state index in [2.05, 4.69) is 24.4 Å². The standard InChI is InChI=1S/C19H27NO/c1-2-5-13-10-14-11-17-15-6-3-4-7-19(15,8-9-20-17)16(14)12-18(13)21/h10,12,15,17,20-21H,2-9,11H2,1H3/t15-,17+,19+/m1/s1. The van der Waals surface area contributed by atoms with Crippen LogP contribution in [0, 0.1) is 5.92 Å². The molecule has 0 spiro atoms. The predicted molar refractivity (Wildman–Crippen MR) is 85.8 cm³/mol. The highest BCUT2D eigenvalue weighted by molar-refractivity contribution is 5.49. The molecule has 4 rings (SSSR count). The number of hydrogen-bond acceptors (Lipinski definition) is 2. The molecule has 1 aromatic rings. The highest BCUT2D eigenvalue weighted by atomic mass is 16.3. The summed E-state index contributed by atoms with van der Waals surface area (Å²) in [6.45, 7) is 3.34. The molecule has 2 bridgehead atoms. The molecule has 1 aromatic carbocycles. The van der Waals surface area contributed by atoms with Crippen molar-refractivity contribution in [2.24, 2.45) is 5.92 Å². The topological polar surface area (TPSA) is 32.3 Å². The summed E-state index contributed by atoms with van der Waals surface area (Å²) in [4.78, 5) is 0. The van der Waals surface area contributed by atoms with Crippen molar-refractivity contribution in [3.8, 4) is 5.75 Å². The van der Waals surface area contributed by atoms with E-state index in [9.17, 15) is 5.11 Å². The van der Waals surface area contributed by atoms with Crippen LogP contribution in [0.15, 0.2) is 12.1 Å². The second-order valence-corrected chi connectivity index (χ2v) is 7.41. The molecular formula is C19H27NO. The van der Waals surface area contributed by atoms with Gasteiger partial charge in [0, 0.05) is 11.5 Å². The second-order valence-electron chi connectivity index (χ2n) is 7.41. The highest BCUT2D eigenvalue weighted by Gasteiger charge is 2.51. The first-order valence-corrected chi connectivity index (χ1v) is 8.83. The molecule has 2 heteroatoms. The van der Waals surface area contributed by atoms with Crippen LogP contribution in [0.1, 0.15) is 62.1 Å². The van der Waals surface area contributed by atoms with Crippen LogP contribution < -0.4 is 5.32 Å². The number of piperidine rings is 1. The minimum absolute atomic E-state index is 0.365. The summed E-state index contributed by atoms with van der Waals surface area (Å²) in [6, 6.07) is 5.14. The lowest BCUT2D eigenvalue weighted by Crippen LogP contribution is -2.59. The maximum atomic E-state index is 10.5. The van der Waals surface area contributed by atoms with Crippen LogP contribution in [0.25, 0.3) is 0 Å². The molecule has 1 saturated heterocycles. The fraction of sp³-hybridized carbons (Fsp3) is 0.684. The van der Waals surface area contributed by atoms with E-state index >= 15 is 0 Å². The van der Waals surface area contributed by atoms with E-state index in [1.165, 1.54) is 49.7 Å². The first-order chi connectivity index (χ1) is 10.2. The van der Waals surface area contributed by atoms with Gasteiger partial charge in [-0.05, 0) is 67.3 Å². The Bertz CT molecular complexity index is 549. The number of benzene rings is 1. The molecule has 2 aliphatic carbocycles. The third-order valence-electron chi connectivity index (χ3n) is 6.36. The van der Waals surface area contributed by atoms with Gasteiger partial charge < -0.3 is 10.4 Å². The van der Waals surface area contributed by atoms with E-state index in [1.54, 1.807) is 0 Å². The van der Waals surface area contributed by atoms with Crippen LogP contribution in [0.5, 0.6) is 5.75 Å². The van der Waals surface area contributed by atoms with Crippen molar-refractivity contribution in [3.05, 3.63) is 28.8 Å². The van der Waals surface area contributed by atoms with Gasteiger partial charge in [-0.1, -0.05) is 32.3 Å². The molecule has 3 atom stereocenters. The second kappa shape index (κ2) is 5.01.